The van der Waals surface area contributed by atoms with Crippen LogP contribution in [0.25, 0.3) is 0 Å². The van der Waals surface area contributed by atoms with Gasteiger partial charge in [0.1, 0.15) is 0 Å². The number of carboxylic acids is 2. The van der Waals surface area contributed by atoms with Crippen molar-refractivity contribution in [2.75, 3.05) is 0 Å². The quantitative estimate of drug-likeness (QED) is 0.823. The van der Waals surface area contributed by atoms with E-state index in [1.807, 2.05) is 0 Å². The fourth-order valence-corrected chi connectivity index (χ4v) is 2.97. The highest BCUT2D eigenvalue weighted by Gasteiger charge is 2.39. The molecule has 0 aromatic heterocycles. The van der Waals surface area contributed by atoms with Crippen LogP contribution in [-0.2, 0) is 19.4 Å². The Kier molecular flexibility index (Phi) is 7.32. The maximum atomic E-state index is 11.7. The molecule has 6 nitrogen and oxygen atoms in total. The first-order valence-electron chi connectivity index (χ1n) is 5.80. The van der Waals surface area contributed by atoms with Crippen LogP contribution in [0.2, 0.25) is 0 Å². The number of aliphatic carboxylic acids is 2. The van der Waals surface area contributed by atoms with Crippen molar-refractivity contribution in [1.29, 1.82) is 0 Å². The van der Waals surface area contributed by atoms with E-state index in [1.165, 1.54) is 0 Å². The standard InChI is InChI=1S/C8H18O2S.C4H6O4/c1-7(2,3)11(9,10)8(4,5)6;5-3(6)1-2-4(7)8/h1-6H3;1-2H2,(H,5,6)(H,7,8). The molecule has 7 heteroatoms. The fourth-order valence-electron chi connectivity index (χ4n) is 1.13. The highest BCUT2D eigenvalue weighted by atomic mass is 32.2. The van der Waals surface area contributed by atoms with Gasteiger partial charge in [-0.25, -0.2) is 8.42 Å². The molecule has 114 valence electrons. The number of carbonyl (C=O) groups is 2. The molecule has 0 fully saturated rings. The molecule has 0 aliphatic carbocycles. The van der Waals surface area contributed by atoms with Crippen molar-refractivity contribution in [1.82, 2.24) is 0 Å². The number of carboxylic acid groups (broad SMARTS) is 2. The first kappa shape index (κ1) is 20.2. The van der Waals surface area contributed by atoms with Crippen molar-refractivity contribution in [2.45, 2.75) is 63.9 Å². The monoisotopic (exact) mass is 296 g/mol. The van der Waals surface area contributed by atoms with E-state index in [2.05, 4.69) is 0 Å². The van der Waals surface area contributed by atoms with E-state index >= 15 is 0 Å². The van der Waals surface area contributed by atoms with Gasteiger partial charge in [0.2, 0.25) is 0 Å². The number of hydrogen-bond acceptors (Lipinski definition) is 4. The van der Waals surface area contributed by atoms with Gasteiger partial charge in [-0.3, -0.25) is 9.59 Å². The summed E-state index contributed by atoms with van der Waals surface area (Å²) in [6.45, 7) is 10.4. The topological polar surface area (TPSA) is 109 Å². The van der Waals surface area contributed by atoms with E-state index in [0.717, 1.165) is 0 Å². The molecule has 0 radical (unpaired) electrons. The van der Waals surface area contributed by atoms with Crippen molar-refractivity contribution in [2.24, 2.45) is 0 Å². The maximum Gasteiger partial charge on any atom is 0.303 e. The Bertz CT molecular complexity index is 374. The van der Waals surface area contributed by atoms with Crippen molar-refractivity contribution in [3.63, 3.8) is 0 Å². The Morgan fingerprint density at radius 1 is 0.789 bits per heavy atom. The first-order valence-corrected chi connectivity index (χ1v) is 7.29. The number of hydrogen-bond donors (Lipinski definition) is 2. The molecule has 0 aliphatic heterocycles. The Morgan fingerprint density at radius 2 is 1.00 bits per heavy atom. The normalized spacial score (nSPS) is 12.3. The molecule has 0 aliphatic rings. The summed E-state index contributed by atoms with van der Waals surface area (Å²) in [5.41, 5.74) is 0. The lowest BCUT2D eigenvalue weighted by molar-refractivity contribution is -0.143. The zero-order valence-corrected chi connectivity index (χ0v) is 13.2. The van der Waals surface area contributed by atoms with Gasteiger partial charge in [0.05, 0.1) is 22.3 Å². The van der Waals surface area contributed by atoms with Crippen molar-refractivity contribution >= 4 is 21.8 Å². The van der Waals surface area contributed by atoms with Crippen LogP contribution < -0.4 is 0 Å². The van der Waals surface area contributed by atoms with Gasteiger partial charge in [-0.1, -0.05) is 0 Å². The second-order valence-corrected chi connectivity index (χ2v) is 9.47. The van der Waals surface area contributed by atoms with Crippen LogP contribution in [0.15, 0.2) is 0 Å². The average Bonchev–Trinajstić information content (AvgIpc) is 2.12. The summed E-state index contributed by atoms with van der Waals surface area (Å²) in [6.07, 6.45) is -0.593. The molecule has 0 unspecified atom stereocenters. The highest BCUT2D eigenvalue weighted by molar-refractivity contribution is 7.94. The van der Waals surface area contributed by atoms with E-state index < -0.39 is 31.3 Å². The summed E-state index contributed by atoms with van der Waals surface area (Å²) < 4.78 is 22.1. The Balaban J connectivity index is 0. The summed E-state index contributed by atoms with van der Waals surface area (Å²) in [5.74, 6) is -2.15. The van der Waals surface area contributed by atoms with E-state index in [9.17, 15) is 18.0 Å². The molecule has 0 bridgehead atoms. The zero-order chi connectivity index (χ0) is 16.1. The summed E-state index contributed by atoms with van der Waals surface area (Å²) >= 11 is 0. The van der Waals surface area contributed by atoms with Gasteiger partial charge in [-0.15, -0.1) is 0 Å². The van der Waals surface area contributed by atoms with Crippen LogP contribution in [0.1, 0.15) is 54.4 Å². The van der Waals surface area contributed by atoms with Crippen molar-refractivity contribution in [3.05, 3.63) is 0 Å². The second-order valence-electron chi connectivity index (χ2n) is 6.02. The maximum absolute atomic E-state index is 11.7. The average molecular weight is 296 g/mol. The Hall–Kier alpha value is -1.11. The zero-order valence-electron chi connectivity index (χ0n) is 12.3. The van der Waals surface area contributed by atoms with E-state index in [4.69, 9.17) is 10.2 Å². The Labute approximate surface area is 114 Å². The third kappa shape index (κ3) is 7.81. The lowest BCUT2D eigenvalue weighted by atomic mass is 10.2. The third-order valence-electron chi connectivity index (χ3n) is 2.17. The van der Waals surface area contributed by atoms with Crippen molar-refractivity contribution in [3.8, 4) is 0 Å². The van der Waals surface area contributed by atoms with E-state index in [0.29, 0.717) is 0 Å². The summed E-state index contributed by atoms with van der Waals surface area (Å²) in [6, 6.07) is 0. The molecule has 0 aromatic carbocycles. The molecule has 0 saturated carbocycles. The molecular formula is C12H24O6S. The Morgan fingerprint density at radius 3 is 1.05 bits per heavy atom. The first-order chi connectivity index (χ1) is 8.13. The smallest absolute Gasteiger partial charge is 0.303 e. The van der Waals surface area contributed by atoms with Crippen LogP contribution >= 0.6 is 0 Å². The molecule has 0 spiro atoms. The lowest BCUT2D eigenvalue weighted by Crippen LogP contribution is -2.41. The molecule has 0 atom stereocenters. The van der Waals surface area contributed by atoms with Gasteiger partial charge in [0.15, 0.2) is 9.84 Å². The minimum atomic E-state index is -3.01. The molecule has 0 aromatic rings. The fraction of sp³-hybridized carbons (Fsp3) is 0.833. The third-order valence-corrected chi connectivity index (χ3v) is 5.39. The van der Waals surface area contributed by atoms with Gasteiger partial charge >= 0.3 is 11.9 Å². The van der Waals surface area contributed by atoms with Crippen LogP contribution in [-0.4, -0.2) is 40.1 Å². The van der Waals surface area contributed by atoms with Gasteiger partial charge in [-0.2, -0.15) is 0 Å². The van der Waals surface area contributed by atoms with Gasteiger partial charge < -0.3 is 10.2 Å². The summed E-state index contributed by atoms with van der Waals surface area (Å²) in [7, 11) is -3.01. The van der Waals surface area contributed by atoms with Gasteiger partial charge in [-0.05, 0) is 41.5 Å². The predicted molar refractivity (Wildman–Crippen MR) is 72.9 cm³/mol. The minimum absolute atomic E-state index is 0.296. The van der Waals surface area contributed by atoms with Crippen molar-refractivity contribution < 1.29 is 28.2 Å². The lowest BCUT2D eigenvalue weighted by Gasteiger charge is -2.29. The molecule has 0 saturated heterocycles. The summed E-state index contributed by atoms with van der Waals surface area (Å²) in [5, 5.41) is 15.8. The molecule has 0 amide bonds. The molecular weight excluding hydrogens is 272 g/mol. The van der Waals surface area contributed by atoms with Crippen LogP contribution in [0, 0.1) is 0 Å². The molecule has 0 heterocycles. The van der Waals surface area contributed by atoms with Crippen LogP contribution in [0.5, 0.6) is 0 Å². The largest absolute Gasteiger partial charge is 0.481 e. The molecule has 0 rings (SSSR count). The molecule has 19 heavy (non-hydrogen) atoms. The van der Waals surface area contributed by atoms with Gasteiger partial charge in [0.25, 0.3) is 0 Å². The van der Waals surface area contributed by atoms with Crippen LogP contribution in [0.4, 0.5) is 0 Å². The predicted octanol–water partition coefficient (Wildman–Crippen LogP) is 1.93. The van der Waals surface area contributed by atoms with E-state index in [1.54, 1.807) is 41.5 Å². The second kappa shape index (κ2) is 6.88. The number of sulfone groups is 1. The summed E-state index contributed by atoms with van der Waals surface area (Å²) in [4.78, 5) is 19.3. The van der Waals surface area contributed by atoms with E-state index in [-0.39, 0.29) is 12.8 Å². The molecule has 2 N–H and O–H groups in total. The number of rotatable bonds is 3. The van der Waals surface area contributed by atoms with Gasteiger partial charge in [0, 0.05) is 0 Å². The highest BCUT2D eigenvalue weighted by Crippen LogP contribution is 2.27. The van der Waals surface area contributed by atoms with Crippen LogP contribution in [0.3, 0.4) is 0 Å². The SMILES string of the molecule is CC(C)(C)S(=O)(=O)C(C)(C)C.O=C(O)CCC(=O)O. The minimum Gasteiger partial charge on any atom is -0.481 e.